The number of hydrogen-bond acceptors (Lipinski definition) is 5. The van der Waals surface area contributed by atoms with E-state index in [4.69, 9.17) is 4.42 Å². The van der Waals surface area contributed by atoms with Gasteiger partial charge in [0.1, 0.15) is 28.2 Å². The lowest BCUT2D eigenvalue weighted by molar-refractivity contribution is 0.0701. The molecule has 0 bridgehead atoms. The van der Waals surface area contributed by atoms with Crippen LogP contribution in [-0.4, -0.2) is 27.6 Å². The smallest absolute Gasteiger partial charge is 0.256 e. The number of thioether (sulfide) groups is 1. The minimum atomic E-state index is -0.215. The third-order valence-electron chi connectivity index (χ3n) is 4.61. The van der Waals surface area contributed by atoms with Gasteiger partial charge in [-0.25, -0.2) is 0 Å². The van der Waals surface area contributed by atoms with Gasteiger partial charge in [-0.1, -0.05) is 11.8 Å². The van der Waals surface area contributed by atoms with E-state index in [0.717, 1.165) is 27.2 Å². The van der Waals surface area contributed by atoms with Crippen LogP contribution < -0.4 is 0 Å². The molecule has 1 amide bonds. The number of carbonyl (C=O) groups is 1. The van der Waals surface area contributed by atoms with E-state index in [1.165, 1.54) is 6.07 Å². The van der Waals surface area contributed by atoms with Crippen LogP contribution in [0.1, 0.15) is 27.1 Å². The molecule has 0 saturated carbocycles. The summed E-state index contributed by atoms with van der Waals surface area (Å²) in [7, 11) is 0. The average molecular weight is 339 g/mol. The van der Waals surface area contributed by atoms with E-state index in [0.29, 0.717) is 18.5 Å². The number of amides is 1. The van der Waals surface area contributed by atoms with Crippen LogP contribution in [0.5, 0.6) is 11.5 Å². The molecule has 3 heterocycles. The average Bonchev–Trinajstić information content (AvgIpc) is 2.94. The van der Waals surface area contributed by atoms with Gasteiger partial charge < -0.3 is 19.5 Å². The molecule has 2 aliphatic heterocycles. The maximum Gasteiger partial charge on any atom is 0.256 e. The Morgan fingerprint density at radius 1 is 1.12 bits per heavy atom. The lowest BCUT2D eigenvalue weighted by Gasteiger charge is -2.38. The second kappa shape index (κ2) is 4.70. The zero-order valence-corrected chi connectivity index (χ0v) is 13.3. The monoisotopic (exact) mass is 339 g/mol. The maximum absolute atomic E-state index is 12.8. The zero-order chi connectivity index (χ0) is 16.4. The van der Waals surface area contributed by atoms with E-state index < -0.39 is 0 Å². The lowest BCUT2D eigenvalue weighted by Crippen LogP contribution is -2.40. The number of nitrogens with zero attached hydrogens (tertiary/aromatic N) is 1. The number of phenols is 2. The molecule has 3 aromatic rings. The second-order valence-corrected chi connectivity index (χ2v) is 7.15. The van der Waals surface area contributed by atoms with Gasteiger partial charge >= 0.3 is 0 Å². The lowest BCUT2D eigenvalue weighted by atomic mass is 10.0. The Balaban J connectivity index is 1.68. The van der Waals surface area contributed by atoms with E-state index >= 15 is 0 Å². The van der Waals surface area contributed by atoms with Crippen LogP contribution >= 0.6 is 11.8 Å². The number of furan rings is 1. The fourth-order valence-electron chi connectivity index (χ4n) is 3.49. The molecular formula is C18H13NO4S. The number of phenolic OH excluding ortho intramolecular Hbond substituents is 2. The summed E-state index contributed by atoms with van der Waals surface area (Å²) < 4.78 is 6.03. The third-order valence-corrected chi connectivity index (χ3v) is 5.91. The Hall–Kier alpha value is -2.60. The number of fused-ring (bicyclic) bond motifs is 6. The Bertz CT molecular complexity index is 1010. The molecule has 2 aliphatic rings. The van der Waals surface area contributed by atoms with Crippen molar-refractivity contribution < 1.29 is 19.4 Å². The second-order valence-electron chi connectivity index (χ2n) is 6.02. The highest BCUT2D eigenvalue weighted by Crippen LogP contribution is 2.50. The van der Waals surface area contributed by atoms with Crippen molar-refractivity contribution in [2.45, 2.75) is 16.7 Å². The van der Waals surface area contributed by atoms with Crippen LogP contribution in [0.3, 0.4) is 0 Å². The molecule has 0 aliphatic carbocycles. The number of aromatic hydroxyl groups is 2. The molecule has 1 unspecified atom stereocenters. The number of carbonyl (C=O) groups excluding carboxylic acids is 1. The van der Waals surface area contributed by atoms with Crippen LogP contribution in [0, 0.1) is 0 Å². The van der Waals surface area contributed by atoms with Crippen molar-refractivity contribution in [2.75, 3.05) is 6.54 Å². The first-order valence-corrected chi connectivity index (χ1v) is 8.55. The summed E-state index contributed by atoms with van der Waals surface area (Å²) in [4.78, 5) is 15.4. The van der Waals surface area contributed by atoms with Crippen molar-refractivity contribution in [1.29, 1.82) is 0 Å². The van der Waals surface area contributed by atoms with Gasteiger partial charge in [0, 0.05) is 22.4 Å². The molecule has 0 spiro atoms. The van der Waals surface area contributed by atoms with Gasteiger partial charge in [-0.05, 0) is 42.8 Å². The summed E-state index contributed by atoms with van der Waals surface area (Å²) in [5.74, 6) is 0.998. The van der Waals surface area contributed by atoms with Crippen molar-refractivity contribution in [3.05, 3.63) is 53.3 Å². The molecule has 1 aromatic heterocycles. The van der Waals surface area contributed by atoms with Crippen LogP contribution in [-0.2, 0) is 6.42 Å². The van der Waals surface area contributed by atoms with Gasteiger partial charge in [0.15, 0.2) is 0 Å². The highest BCUT2D eigenvalue weighted by atomic mass is 32.2. The van der Waals surface area contributed by atoms with Crippen molar-refractivity contribution in [2.24, 2.45) is 0 Å². The highest BCUT2D eigenvalue weighted by molar-refractivity contribution is 7.99. The molecule has 6 heteroatoms. The molecule has 0 fully saturated rings. The van der Waals surface area contributed by atoms with Gasteiger partial charge in [-0.3, -0.25) is 4.79 Å². The predicted octanol–water partition coefficient (Wildman–Crippen LogP) is 3.65. The fourth-order valence-corrected chi connectivity index (χ4v) is 4.78. The Labute approximate surface area is 141 Å². The molecule has 5 rings (SSSR count). The Morgan fingerprint density at radius 3 is 2.79 bits per heavy atom. The largest absolute Gasteiger partial charge is 0.508 e. The molecular weight excluding hydrogens is 326 g/mol. The van der Waals surface area contributed by atoms with Crippen LogP contribution in [0.2, 0.25) is 0 Å². The van der Waals surface area contributed by atoms with Crippen molar-refractivity contribution >= 4 is 28.6 Å². The minimum Gasteiger partial charge on any atom is -0.508 e. The summed E-state index contributed by atoms with van der Waals surface area (Å²) in [6, 6.07) is 9.96. The topological polar surface area (TPSA) is 73.9 Å². The predicted molar refractivity (Wildman–Crippen MR) is 89.3 cm³/mol. The Kier molecular flexibility index (Phi) is 2.71. The van der Waals surface area contributed by atoms with E-state index in [9.17, 15) is 15.0 Å². The van der Waals surface area contributed by atoms with E-state index in [2.05, 4.69) is 0 Å². The van der Waals surface area contributed by atoms with Crippen molar-refractivity contribution in [1.82, 2.24) is 4.90 Å². The SMILES string of the molecule is O=C1c2cc(O)ccc2SC2c3oc4ccc(O)cc4c3CCN12. The summed E-state index contributed by atoms with van der Waals surface area (Å²) >= 11 is 1.55. The van der Waals surface area contributed by atoms with Gasteiger partial charge in [-0.15, -0.1) is 0 Å². The molecule has 5 nitrogen and oxygen atoms in total. The first-order chi connectivity index (χ1) is 11.6. The quantitative estimate of drug-likeness (QED) is 0.654. The van der Waals surface area contributed by atoms with Crippen molar-refractivity contribution in [3.63, 3.8) is 0 Å². The van der Waals surface area contributed by atoms with Gasteiger partial charge in [-0.2, -0.15) is 0 Å². The van der Waals surface area contributed by atoms with E-state index in [1.807, 2.05) is 0 Å². The van der Waals surface area contributed by atoms with Gasteiger partial charge in [0.05, 0.1) is 5.56 Å². The first-order valence-electron chi connectivity index (χ1n) is 7.67. The highest BCUT2D eigenvalue weighted by Gasteiger charge is 2.40. The summed E-state index contributed by atoms with van der Waals surface area (Å²) in [6.07, 6.45) is 0.683. The maximum atomic E-state index is 12.8. The normalized spacial score (nSPS) is 19.1. The van der Waals surface area contributed by atoms with E-state index in [1.54, 1.807) is 47.0 Å². The van der Waals surface area contributed by atoms with Gasteiger partial charge in [0.2, 0.25) is 0 Å². The summed E-state index contributed by atoms with van der Waals surface area (Å²) in [5.41, 5.74) is 2.32. The summed E-state index contributed by atoms with van der Waals surface area (Å²) in [6.45, 7) is 0.586. The Morgan fingerprint density at radius 2 is 1.92 bits per heavy atom. The molecule has 0 radical (unpaired) electrons. The molecule has 1 atom stereocenters. The molecule has 2 aromatic carbocycles. The van der Waals surface area contributed by atoms with Crippen LogP contribution in [0.15, 0.2) is 45.7 Å². The molecule has 24 heavy (non-hydrogen) atoms. The number of hydrogen-bond donors (Lipinski definition) is 2. The number of benzene rings is 2. The third kappa shape index (κ3) is 1.80. The molecule has 2 N–H and O–H groups in total. The first kappa shape index (κ1) is 13.8. The molecule has 120 valence electrons. The minimum absolute atomic E-state index is 0.0846. The fraction of sp³-hybridized carbons (Fsp3) is 0.167. The van der Waals surface area contributed by atoms with Crippen molar-refractivity contribution in [3.8, 4) is 11.5 Å². The van der Waals surface area contributed by atoms with Crippen LogP contribution in [0.4, 0.5) is 0 Å². The standard InChI is InChI=1S/C18H13NO4S/c20-9-1-3-14-12(7-9)11-5-6-19-17(22)13-8-10(21)2-4-15(13)24-18(19)16(11)23-14/h1-4,7-8,18,20-21H,5-6H2. The van der Waals surface area contributed by atoms with Crippen LogP contribution in [0.25, 0.3) is 11.0 Å². The zero-order valence-electron chi connectivity index (χ0n) is 12.5. The molecule has 0 saturated heterocycles. The summed E-state index contributed by atoms with van der Waals surface area (Å²) in [5, 5.41) is 20.1. The number of rotatable bonds is 0. The van der Waals surface area contributed by atoms with E-state index in [-0.39, 0.29) is 22.8 Å². The van der Waals surface area contributed by atoms with Gasteiger partial charge in [0.25, 0.3) is 5.91 Å².